The van der Waals surface area contributed by atoms with Gasteiger partial charge in [0.15, 0.2) is 0 Å². The lowest BCUT2D eigenvalue weighted by molar-refractivity contribution is 0.184. The molecule has 0 radical (unpaired) electrons. The number of hydrogen-bond donors (Lipinski definition) is 1. The number of nitrogens with two attached hydrogens (primary N) is 1. The number of hydrogen-bond acceptors (Lipinski definition) is 4. The maximum atomic E-state index is 6.18. The van der Waals surface area contributed by atoms with Gasteiger partial charge in [-0.05, 0) is 19.9 Å². The Morgan fingerprint density at radius 3 is 3.12 bits per heavy atom. The van der Waals surface area contributed by atoms with E-state index in [0.29, 0.717) is 6.04 Å². The summed E-state index contributed by atoms with van der Waals surface area (Å²) in [4.78, 5) is 2.28. The van der Waals surface area contributed by atoms with Crippen LogP contribution < -0.4 is 5.73 Å². The molecule has 1 unspecified atom stereocenters. The molecule has 3 heterocycles. The number of likely N-dealkylation sites (N-methyl/N-ethyl adjacent to an activating group) is 1. The Bertz CT molecular complexity index is 395. The van der Waals surface area contributed by atoms with E-state index in [0.717, 1.165) is 50.7 Å². The summed E-state index contributed by atoms with van der Waals surface area (Å²) in [6.45, 7) is 3.57. The average Bonchev–Trinajstić information content (AvgIpc) is 2.86. The van der Waals surface area contributed by atoms with E-state index in [1.54, 1.807) is 0 Å². The molecule has 2 N–H and O–H groups in total. The van der Waals surface area contributed by atoms with Gasteiger partial charge in [0.1, 0.15) is 5.82 Å². The number of aromatic nitrogens is 2. The summed E-state index contributed by atoms with van der Waals surface area (Å²) in [5.41, 5.74) is 8.58. The van der Waals surface area contributed by atoms with E-state index >= 15 is 0 Å². The van der Waals surface area contributed by atoms with Crippen LogP contribution in [0.4, 0.5) is 5.82 Å². The fraction of sp³-hybridized carbons (Fsp3) is 0.727. The summed E-state index contributed by atoms with van der Waals surface area (Å²) in [6, 6.07) is 0.343. The average molecular weight is 222 g/mol. The van der Waals surface area contributed by atoms with Crippen molar-refractivity contribution >= 4 is 5.82 Å². The molecule has 88 valence electrons. The molecule has 0 aromatic carbocycles. The van der Waals surface area contributed by atoms with Gasteiger partial charge in [-0.15, -0.1) is 0 Å². The first-order valence-electron chi connectivity index (χ1n) is 5.87. The van der Waals surface area contributed by atoms with Crippen molar-refractivity contribution in [3.63, 3.8) is 0 Å². The summed E-state index contributed by atoms with van der Waals surface area (Å²) in [5.74, 6) is 0.860. The summed E-state index contributed by atoms with van der Waals surface area (Å²) in [7, 11) is 2.12. The van der Waals surface area contributed by atoms with Gasteiger partial charge in [0.25, 0.3) is 0 Å². The van der Waals surface area contributed by atoms with E-state index in [-0.39, 0.29) is 0 Å². The molecule has 1 fully saturated rings. The first-order valence-corrected chi connectivity index (χ1v) is 5.87. The largest absolute Gasteiger partial charge is 0.384 e. The lowest BCUT2D eigenvalue weighted by Gasteiger charge is -2.20. The third-order valence-corrected chi connectivity index (χ3v) is 3.55. The molecule has 1 aromatic rings. The Kier molecular flexibility index (Phi) is 2.37. The molecule has 1 aromatic heterocycles. The molecule has 16 heavy (non-hydrogen) atoms. The van der Waals surface area contributed by atoms with Crippen LogP contribution in [-0.2, 0) is 17.7 Å². The molecule has 3 rings (SSSR count). The summed E-state index contributed by atoms with van der Waals surface area (Å²) in [6.07, 6.45) is 2.05. The summed E-state index contributed by atoms with van der Waals surface area (Å²) < 4.78 is 7.38. The first-order chi connectivity index (χ1) is 7.75. The van der Waals surface area contributed by atoms with Crippen molar-refractivity contribution in [2.45, 2.75) is 25.4 Å². The molecule has 1 atom stereocenters. The second kappa shape index (κ2) is 3.75. The fourth-order valence-electron chi connectivity index (χ4n) is 2.56. The van der Waals surface area contributed by atoms with Gasteiger partial charge in [-0.3, -0.25) is 0 Å². The zero-order valence-corrected chi connectivity index (χ0v) is 9.65. The maximum Gasteiger partial charge on any atom is 0.125 e. The van der Waals surface area contributed by atoms with Crippen LogP contribution in [-0.4, -0.2) is 41.5 Å². The highest BCUT2D eigenvalue weighted by atomic mass is 16.5. The van der Waals surface area contributed by atoms with Gasteiger partial charge >= 0.3 is 0 Å². The number of anilines is 1. The van der Waals surface area contributed by atoms with Crippen LogP contribution in [0.25, 0.3) is 0 Å². The molecular formula is C11H18N4O. The van der Waals surface area contributed by atoms with Crippen LogP contribution in [0.3, 0.4) is 0 Å². The van der Waals surface area contributed by atoms with Crippen molar-refractivity contribution in [1.29, 1.82) is 0 Å². The highest BCUT2D eigenvalue weighted by Gasteiger charge is 2.26. The minimum atomic E-state index is 0.343. The van der Waals surface area contributed by atoms with Gasteiger partial charge < -0.3 is 15.4 Å². The molecule has 1 saturated heterocycles. The van der Waals surface area contributed by atoms with Gasteiger partial charge in [0.05, 0.1) is 18.3 Å². The topological polar surface area (TPSA) is 56.3 Å². The fourth-order valence-corrected chi connectivity index (χ4v) is 2.56. The molecular weight excluding hydrogens is 204 g/mol. The Labute approximate surface area is 95.2 Å². The molecule has 0 amide bonds. The van der Waals surface area contributed by atoms with Crippen LogP contribution in [0.15, 0.2) is 0 Å². The zero-order chi connectivity index (χ0) is 11.1. The second-order valence-corrected chi connectivity index (χ2v) is 4.76. The minimum absolute atomic E-state index is 0.343. The number of nitrogens with zero attached hydrogens (tertiary/aromatic N) is 3. The molecule has 5 nitrogen and oxygen atoms in total. The van der Waals surface area contributed by atoms with Crippen LogP contribution in [0.1, 0.15) is 23.7 Å². The molecule has 2 aliphatic heterocycles. The van der Waals surface area contributed by atoms with Crippen LogP contribution in [0, 0.1) is 0 Å². The minimum Gasteiger partial charge on any atom is -0.384 e. The van der Waals surface area contributed by atoms with E-state index in [9.17, 15) is 0 Å². The molecule has 2 aliphatic rings. The smallest absolute Gasteiger partial charge is 0.125 e. The third-order valence-electron chi connectivity index (χ3n) is 3.55. The highest BCUT2D eigenvalue weighted by Crippen LogP contribution is 2.28. The van der Waals surface area contributed by atoms with E-state index in [1.807, 2.05) is 4.68 Å². The summed E-state index contributed by atoms with van der Waals surface area (Å²) in [5, 5.41) is 4.65. The Morgan fingerprint density at radius 1 is 1.50 bits per heavy atom. The number of fused-ring (bicyclic) bond motifs is 1. The van der Waals surface area contributed by atoms with Gasteiger partial charge in [-0.2, -0.15) is 5.10 Å². The lowest BCUT2D eigenvalue weighted by atomic mass is 10.1. The van der Waals surface area contributed by atoms with Crippen LogP contribution >= 0.6 is 0 Å². The highest BCUT2D eigenvalue weighted by molar-refractivity contribution is 5.45. The second-order valence-electron chi connectivity index (χ2n) is 4.76. The molecule has 0 saturated carbocycles. The SMILES string of the molecule is CN1CCc2c(nn(C3CCOC3)c2N)C1. The Balaban J connectivity index is 1.95. The van der Waals surface area contributed by atoms with Gasteiger partial charge in [0, 0.05) is 25.3 Å². The van der Waals surface area contributed by atoms with E-state index in [2.05, 4.69) is 17.0 Å². The third kappa shape index (κ3) is 1.51. The predicted octanol–water partition coefficient (Wildman–Crippen LogP) is 0.415. The van der Waals surface area contributed by atoms with Crippen molar-refractivity contribution < 1.29 is 4.74 Å². The van der Waals surface area contributed by atoms with Crippen LogP contribution in [0.2, 0.25) is 0 Å². The standard InChI is InChI=1S/C11H18N4O/c1-14-4-2-9-10(6-14)13-15(11(9)12)8-3-5-16-7-8/h8H,2-7,12H2,1H3. The predicted molar refractivity (Wildman–Crippen MR) is 61.2 cm³/mol. The molecule has 0 bridgehead atoms. The van der Waals surface area contributed by atoms with Crippen molar-refractivity contribution in [1.82, 2.24) is 14.7 Å². The first kappa shape index (κ1) is 10.1. The van der Waals surface area contributed by atoms with Gasteiger partial charge in [0.2, 0.25) is 0 Å². The van der Waals surface area contributed by atoms with E-state index < -0.39 is 0 Å². The molecule has 0 aliphatic carbocycles. The lowest BCUT2D eigenvalue weighted by Crippen LogP contribution is -2.26. The number of rotatable bonds is 1. The normalized spacial score (nSPS) is 25.9. The van der Waals surface area contributed by atoms with Crippen molar-refractivity contribution in [2.24, 2.45) is 0 Å². The molecule has 5 heteroatoms. The van der Waals surface area contributed by atoms with E-state index in [1.165, 1.54) is 5.56 Å². The molecule has 0 spiro atoms. The van der Waals surface area contributed by atoms with Gasteiger partial charge in [-0.25, -0.2) is 4.68 Å². The Morgan fingerprint density at radius 2 is 2.38 bits per heavy atom. The number of ether oxygens (including phenoxy) is 1. The monoisotopic (exact) mass is 222 g/mol. The quantitative estimate of drug-likeness (QED) is 0.748. The zero-order valence-electron chi connectivity index (χ0n) is 9.65. The van der Waals surface area contributed by atoms with Crippen molar-refractivity contribution in [2.75, 3.05) is 32.5 Å². The van der Waals surface area contributed by atoms with E-state index in [4.69, 9.17) is 10.5 Å². The Hall–Kier alpha value is -1.07. The van der Waals surface area contributed by atoms with Gasteiger partial charge in [-0.1, -0.05) is 0 Å². The van der Waals surface area contributed by atoms with Crippen LogP contribution in [0.5, 0.6) is 0 Å². The number of nitrogen functional groups attached to an aromatic ring is 1. The van der Waals surface area contributed by atoms with Crippen molar-refractivity contribution in [3.8, 4) is 0 Å². The summed E-state index contributed by atoms with van der Waals surface area (Å²) >= 11 is 0. The maximum absolute atomic E-state index is 6.18. The van der Waals surface area contributed by atoms with Crippen molar-refractivity contribution in [3.05, 3.63) is 11.3 Å².